The van der Waals surface area contributed by atoms with Gasteiger partial charge in [0, 0.05) is 12.4 Å². The second kappa shape index (κ2) is 2.60. The number of pyridine rings is 1. The number of hydrogen-bond acceptors (Lipinski definition) is 1. The topological polar surface area (TPSA) is 37.2 Å². The Balaban J connectivity index is 2.67. The minimum atomic E-state index is -0.249. The summed E-state index contributed by atoms with van der Waals surface area (Å²) >= 11 is 0. The summed E-state index contributed by atoms with van der Waals surface area (Å²) in [4.78, 5) is 4.14. The SMILES string of the molecule is Cc1ccn2cc(C[O])nc2c1. The lowest BCUT2D eigenvalue weighted by Gasteiger charge is -1.92. The van der Waals surface area contributed by atoms with E-state index in [1.807, 2.05) is 29.7 Å². The first-order valence-corrected chi connectivity index (χ1v) is 3.82. The fourth-order valence-corrected chi connectivity index (χ4v) is 1.21. The first kappa shape index (κ1) is 7.31. The van der Waals surface area contributed by atoms with E-state index >= 15 is 0 Å². The smallest absolute Gasteiger partial charge is 0.137 e. The van der Waals surface area contributed by atoms with Crippen LogP contribution in [-0.4, -0.2) is 9.38 Å². The molecule has 2 rings (SSSR count). The molecule has 2 heterocycles. The third-order valence-corrected chi connectivity index (χ3v) is 1.81. The van der Waals surface area contributed by atoms with Gasteiger partial charge in [0.05, 0.1) is 5.69 Å². The zero-order chi connectivity index (χ0) is 8.55. The Labute approximate surface area is 70.3 Å². The van der Waals surface area contributed by atoms with E-state index in [4.69, 9.17) is 0 Å². The molecule has 0 aliphatic rings. The molecule has 0 saturated carbocycles. The Morgan fingerprint density at radius 1 is 1.58 bits per heavy atom. The van der Waals surface area contributed by atoms with E-state index in [0.717, 1.165) is 11.2 Å². The number of rotatable bonds is 1. The molecule has 0 spiro atoms. The van der Waals surface area contributed by atoms with Gasteiger partial charge >= 0.3 is 0 Å². The Bertz CT molecular complexity index is 406. The van der Waals surface area contributed by atoms with Crippen molar-refractivity contribution in [2.45, 2.75) is 13.5 Å². The molecule has 1 radical (unpaired) electrons. The highest BCUT2D eigenvalue weighted by Crippen LogP contribution is 2.07. The molecule has 2 aromatic heterocycles. The van der Waals surface area contributed by atoms with Crippen molar-refractivity contribution in [2.24, 2.45) is 0 Å². The average molecular weight is 161 g/mol. The van der Waals surface area contributed by atoms with Crippen molar-refractivity contribution in [2.75, 3.05) is 0 Å². The van der Waals surface area contributed by atoms with Crippen molar-refractivity contribution >= 4 is 5.65 Å². The number of aryl methyl sites for hydroxylation is 1. The van der Waals surface area contributed by atoms with Crippen LogP contribution in [-0.2, 0) is 11.7 Å². The lowest BCUT2D eigenvalue weighted by molar-refractivity contribution is 0.174. The number of nitrogens with zero attached hydrogens (tertiary/aromatic N) is 2. The third kappa shape index (κ3) is 1.08. The molecule has 2 aromatic rings. The molecular weight excluding hydrogens is 152 g/mol. The van der Waals surface area contributed by atoms with Crippen LogP contribution in [0, 0.1) is 6.92 Å². The number of imidazole rings is 1. The molecule has 12 heavy (non-hydrogen) atoms. The van der Waals surface area contributed by atoms with Crippen molar-refractivity contribution in [1.82, 2.24) is 9.38 Å². The van der Waals surface area contributed by atoms with Gasteiger partial charge in [0.25, 0.3) is 0 Å². The van der Waals surface area contributed by atoms with Crippen molar-refractivity contribution in [1.29, 1.82) is 0 Å². The minimum absolute atomic E-state index is 0.249. The summed E-state index contributed by atoms with van der Waals surface area (Å²) in [5.41, 5.74) is 2.60. The minimum Gasteiger partial charge on any atom is -0.307 e. The van der Waals surface area contributed by atoms with Gasteiger partial charge in [-0.15, -0.1) is 0 Å². The maximum atomic E-state index is 10.5. The highest BCUT2D eigenvalue weighted by molar-refractivity contribution is 5.42. The Morgan fingerprint density at radius 3 is 3.17 bits per heavy atom. The molecule has 0 N–H and O–H groups in total. The van der Waals surface area contributed by atoms with Crippen molar-refractivity contribution in [3.8, 4) is 0 Å². The zero-order valence-electron chi connectivity index (χ0n) is 6.82. The molecule has 3 heteroatoms. The maximum absolute atomic E-state index is 10.5. The van der Waals surface area contributed by atoms with E-state index in [9.17, 15) is 5.11 Å². The quantitative estimate of drug-likeness (QED) is 0.625. The Morgan fingerprint density at radius 2 is 2.42 bits per heavy atom. The summed E-state index contributed by atoms with van der Waals surface area (Å²) in [6.45, 7) is 1.76. The normalized spacial score (nSPS) is 10.8. The van der Waals surface area contributed by atoms with Crippen LogP contribution in [0.3, 0.4) is 0 Å². The molecule has 0 atom stereocenters. The van der Waals surface area contributed by atoms with Gasteiger partial charge in [-0.3, -0.25) is 0 Å². The average Bonchev–Trinajstić information content (AvgIpc) is 2.46. The van der Waals surface area contributed by atoms with E-state index < -0.39 is 0 Å². The third-order valence-electron chi connectivity index (χ3n) is 1.81. The second-order valence-electron chi connectivity index (χ2n) is 2.85. The van der Waals surface area contributed by atoms with Crippen LogP contribution < -0.4 is 0 Å². The predicted octanol–water partition coefficient (Wildman–Crippen LogP) is 1.57. The highest BCUT2D eigenvalue weighted by Gasteiger charge is 1.99. The van der Waals surface area contributed by atoms with Crippen LogP contribution in [0.15, 0.2) is 24.5 Å². The molecule has 3 nitrogen and oxygen atoms in total. The molecule has 0 bridgehead atoms. The molecule has 0 unspecified atom stereocenters. The summed E-state index contributed by atoms with van der Waals surface area (Å²) in [7, 11) is 0. The summed E-state index contributed by atoms with van der Waals surface area (Å²) < 4.78 is 1.86. The fourth-order valence-electron chi connectivity index (χ4n) is 1.21. The summed E-state index contributed by atoms with van der Waals surface area (Å²) in [5.74, 6) is 0. The van der Waals surface area contributed by atoms with Gasteiger partial charge in [0.15, 0.2) is 0 Å². The van der Waals surface area contributed by atoms with Crippen LogP contribution in [0.25, 0.3) is 5.65 Å². The van der Waals surface area contributed by atoms with Crippen LogP contribution in [0.1, 0.15) is 11.3 Å². The van der Waals surface area contributed by atoms with Gasteiger partial charge in [0.2, 0.25) is 0 Å². The van der Waals surface area contributed by atoms with Gasteiger partial charge in [-0.05, 0) is 24.6 Å². The molecule has 0 fully saturated rings. The fraction of sp³-hybridized carbons (Fsp3) is 0.222. The van der Waals surface area contributed by atoms with Crippen molar-refractivity contribution < 1.29 is 5.11 Å². The summed E-state index contributed by atoms with van der Waals surface area (Å²) in [5, 5.41) is 10.5. The second-order valence-corrected chi connectivity index (χ2v) is 2.85. The van der Waals surface area contributed by atoms with Crippen LogP contribution in [0.2, 0.25) is 0 Å². The standard InChI is InChI=1S/C9H9N2O/c1-7-2-3-11-5-8(6-12)10-9(11)4-7/h2-5H,6H2,1H3. The largest absolute Gasteiger partial charge is 0.307 e. The first-order chi connectivity index (χ1) is 5.79. The van der Waals surface area contributed by atoms with Crippen LogP contribution in [0.5, 0.6) is 0 Å². The van der Waals surface area contributed by atoms with E-state index in [0.29, 0.717) is 5.69 Å². The van der Waals surface area contributed by atoms with Gasteiger partial charge in [0.1, 0.15) is 12.3 Å². The highest BCUT2D eigenvalue weighted by atomic mass is 16.3. The first-order valence-electron chi connectivity index (χ1n) is 3.82. The van der Waals surface area contributed by atoms with Crippen molar-refractivity contribution in [3.05, 3.63) is 35.8 Å². The molecule has 0 aliphatic heterocycles. The maximum Gasteiger partial charge on any atom is 0.137 e. The van der Waals surface area contributed by atoms with Crippen LogP contribution in [0.4, 0.5) is 0 Å². The summed E-state index contributed by atoms with van der Waals surface area (Å²) in [6.07, 6.45) is 3.68. The molecule has 0 saturated heterocycles. The molecule has 0 amide bonds. The predicted molar refractivity (Wildman–Crippen MR) is 44.3 cm³/mol. The van der Waals surface area contributed by atoms with E-state index in [2.05, 4.69) is 4.98 Å². The van der Waals surface area contributed by atoms with E-state index in [1.54, 1.807) is 6.20 Å². The van der Waals surface area contributed by atoms with E-state index in [1.165, 1.54) is 0 Å². The van der Waals surface area contributed by atoms with Crippen molar-refractivity contribution in [3.63, 3.8) is 0 Å². The van der Waals surface area contributed by atoms with Gasteiger partial charge in [-0.2, -0.15) is 0 Å². The molecule has 61 valence electrons. The Hall–Kier alpha value is -1.35. The van der Waals surface area contributed by atoms with Gasteiger partial charge in [-0.1, -0.05) is 0 Å². The summed E-state index contributed by atoms with van der Waals surface area (Å²) in [6, 6.07) is 3.95. The molecular formula is C9H9N2O. The lowest BCUT2D eigenvalue weighted by Crippen LogP contribution is -1.81. The lowest BCUT2D eigenvalue weighted by atomic mass is 10.3. The number of aromatic nitrogens is 2. The van der Waals surface area contributed by atoms with Crippen LogP contribution >= 0.6 is 0 Å². The number of fused-ring (bicyclic) bond motifs is 1. The Kier molecular flexibility index (Phi) is 1.59. The van der Waals surface area contributed by atoms with Gasteiger partial charge in [-0.25, -0.2) is 10.1 Å². The monoisotopic (exact) mass is 161 g/mol. The van der Waals surface area contributed by atoms with E-state index in [-0.39, 0.29) is 6.61 Å². The molecule has 0 aromatic carbocycles. The van der Waals surface area contributed by atoms with Gasteiger partial charge < -0.3 is 4.40 Å². The number of hydrogen-bond donors (Lipinski definition) is 0. The zero-order valence-corrected chi connectivity index (χ0v) is 6.82. The molecule has 0 aliphatic carbocycles.